The van der Waals surface area contributed by atoms with Crippen LogP contribution in [0.5, 0.6) is 0 Å². The molecule has 0 fully saturated rings. The molecule has 0 heterocycles. The van der Waals surface area contributed by atoms with Gasteiger partial charge in [-0.25, -0.2) is 0 Å². The number of allylic oxidation sites excluding steroid dienone is 1. The van der Waals surface area contributed by atoms with Crippen LogP contribution in [0.2, 0.25) is 0 Å². The molecule has 0 spiro atoms. The molecule has 0 aliphatic rings. The highest BCUT2D eigenvalue weighted by atomic mass is 16.4. The maximum atomic E-state index is 10.3. The molecule has 0 saturated carbocycles. The van der Waals surface area contributed by atoms with Crippen LogP contribution in [0.3, 0.4) is 0 Å². The number of likely N-dealkylation sites (N-methyl/N-ethyl adjacent to an activating group) is 1. The summed E-state index contributed by atoms with van der Waals surface area (Å²) >= 11 is 0. The van der Waals surface area contributed by atoms with Gasteiger partial charge in [-0.05, 0) is 32.1 Å². The Kier molecular flexibility index (Phi) is 9.53. The fraction of sp³-hybridized carbons (Fsp3) is 0.800. The summed E-state index contributed by atoms with van der Waals surface area (Å²) in [6.45, 7) is 3.71. The van der Waals surface area contributed by atoms with E-state index < -0.39 is 5.97 Å². The monoisotopic (exact) mass is 271 g/mol. The van der Waals surface area contributed by atoms with E-state index in [4.69, 9.17) is 0 Å². The Morgan fingerprint density at radius 2 is 2.00 bits per heavy atom. The van der Waals surface area contributed by atoms with Gasteiger partial charge in [0.15, 0.2) is 0 Å². The molecular formula is C15H29NO3. The van der Waals surface area contributed by atoms with Crippen molar-refractivity contribution in [3.05, 3.63) is 12.2 Å². The number of hydrogen-bond donors (Lipinski definition) is 1. The number of nitrogens with zero attached hydrogens (tertiary/aromatic N) is 1. The predicted molar refractivity (Wildman–Crippen MR) is 75.4 cm³/mol. The number of carboxylic acid groups (broad SMARTS) is 1. The molecular weight excluding hydrogens is 242 g/mol. The summed E-state index contributed by atoms with van der Waals surface area (Å²) in [6.07, 6.45) is 8.34. The van der Waals surface area contributed by atoms with E-state index in [2.05, 4.69) is 27.1 Å². The lowest BCUT2D eigenvalue weighted by atomic mass is 10.1. The Hall–Kier alpha value is -0.870. The summed E-state index contributed by atoms with van der Waals surface area (Å²) in [5.41, 5.74) is 0. The number of unbranched alkanes of at least 4 members (excludes halogenated alkanes) is 2. The van der Waals surface area contributed by atoms with Crippen LogP contribution in [-0.2, 0) is 4.79 Å². The quantitative estimate of drug-likeness (QED) is 0.348. The molecule has 0 bridgehead atoms. The fourth-order valence-electron chi connectivity index (χ4n) is 2.08. The second kappa shape index (κ2) is 9.98. The van der Waals surface area contributed by atoms with Gasteiger partial charge < -0.3 is 19.5 Å². The molecule has 0 aromatic rings. The Bertz CT molecular complexity index is 275. The maximum absolute atomic E-state index is 10.3. The summed E-state index contributed by atoms with van der Waals surface area (Å²) in [5.74, 6) is -0.980. The minimum Gasteiger partial charge on any atom is -0.550 e. The normalized spacial score (nSPS) is 13.9. The van der Waals surface area contributed by atoms with Crippen LogP contribution in [0, 0.1) is 0 Å². The second-order valence-corrected chi connectivity index (χ2v) is 5.82. The summed E-state index contributed by atoms with van der Waals surface area (Å²) in [4.78, 5) is 10.3. The standard InChI is InChI=1S/C15H29NO3/c1-4-5-6-7-10-14(17)13-16(2,3)12-9-8-11-15(18)19/h6-7,14,17H,4-5,8-13H2,1-3H3/b7-6+. The smallest absolute Gasteiger partial charge is 0.106 e. The number of carbonyl (C=O) groups excluding carboxylic acids is 1. The molecule has 0 aromatic carbocycles. The lowest BCUT2D eigenvalue weighted by Gasteiger charge is -2.31. The Labute approximate surface area is 117 Å². The average Bonchev–Trinajstić information content (AvgIpc) is 2.29. The second-order valence-electron chi connectivity index (χ2n) is 5.82. The van der Waals surface area contributed by atoms with Crippen LogP contribution in [0.15, 0.2) is 12.2 Å². The first-order valence-corrected chi connectivity index (χ1v) is 7.22. The Balaban J connectivity index is 3.83. The molecule has 0 amide bonds. The van der Waals surface area contributed by atoms with Crippen molar-refractivity contribution in [2.45, 2.75) is 51.6 Å². The van der Waals surface area contributed by atoms with E-state index in [9.17, 15) is 15.0 Å². The third-order valence-electron chi connectivity index (χ3n) is 3.13. The molecule has 1 unspecified atom stereocenters. The van der Waals surface area contributed by atoms with E-state index in [1.54, 1.807) is 0 Å². The number of aliphatic hydroxyl groups is 1. The third-order valence-corrected chi connectivity index (χ3v) is 3.13. The van der Waals surface area contributed by atoms with Gasteiger partial charge >= 0.3 is 0 Å². The number of aliphatic carboxylic acids is 1. The molecule has 4 heteroatoms. The van der Waals surface area contributed by atoms with Gasteiger partial charge in [-0.15, -0.1) is 0 Å². The van der Waals surface area contributed by atoms with Crippen LogP contribution < -0.4 is 5.11 Å². The number of rotatable bonds is 11. The third kappa shape index (κ3) is 11.9. The predicted octanol–water partition coefficient (Wildman–Crippen LogP) is 1.09. The van der Waals surface area contributed by atoms with Crippen molar-refractivity contribution in [2.24, 2.45) is 0 Å². The van der Waals surface area contributed by atoms with Gasteiger partial charge in [-0.1, -0.05) is 25.5 Å². The van der Waals surface area contributed by atoms with Crippen LogP contribution >= 0.6 is 0 Å². The minimum absolute atomic E-state index is 0.127. The molecule has 0 saturated heterocycles. The number of aliphatic hydroxyl groups excluding tert-OH is 1. The van der Waals surface area contributed by atoms with Gasteiger partial charge in [0.05, 0.1) is 20.6 Å². The van der Waals surface area contributed by atoms with E-state index in [0.29, 0.717) is 19.4 Å². The lowest BCUT2D eigenvalue weighted by molar-refractivity contribution is -0.893. The van der Waals surface area contributed by atoms with Gasteiger partial charge in [-0.2, -0.15) is 0 Å². The first-order valence-electron chi connectivity index (χ1n) is 7.22. The SMILES string of the molecule is CCC/C=C/CC(O)C[N+](C)(C)CCCCC(=O)[O-]. The summed E-state index contributed by atoms with van der Waals surface area (Å²) < 4.78 is 0.718. The van der Waals surface area contributed by atoms with Crippen molar-refractivity contribution in [3.8, 4) is 0 Å². The van der Waals surface area contributed by atoms with Crippen molar-refractivity contribution in [1.29, 1.82) is 0 Å². The zero-order valence-electron chi connectivity index (χ0n) is 12.6. The molecule has 1 N–H and O–H groups in total. The highest BCUT2D eigenvalue weighted by Gasteiger charge is 2.19. The lowest BCUT2D eigenvalue weighted by Crippen LogP contribution is -2.45. The number of carbonyl (C=O) groups is 1. The topological polar surface area (TPSA) is 60.4 Å². The van der Waals surface area contributed by atoms with Crippen LogP contribution in [0.1, 0.15) is 45.4 Å². The Morgan fingerprint density at radius 3 is 2.58 bits per heavy atom. The number of hydrogen-bond acceptors (Lipinski definition) is 3. The minimum atomic E-state index is -0.980. The molecule has 0 aromatic heterocycles. The van der Waals surface area contributed by atoms with Gasteiger partial charge in [0.2, 0.25) is 0 Å². The number of carboxylic acids is 1. The van der Waals surface area contributed by atoms with E-state index in [-0.39, 0.29) is 12.5 Å². The van der Waals surface area contributed by atoms with Crippen molar-refractivity contribution in [2.75, 3.05) is 27.2 Å². The van der Waals surface area contributed by atoms with Crippen molar-refractivity contribution in [1.82, 2.24) is 0 Å². The van der Waals surface area contributed by atoms with Crippen molar-refractivity contribution >= 4 is 5.97 Å². The fourth-order valence-corrected chi connectivity index (χ4v) is 2.08. The van der Waals surface area contributed by atoms with Crippen molar-refractivity contribution < 1.29 is 19.5 Å². The maximum Gasteiger partial charge on any atom is 0.106 e. The molecule has 0 rings (SSSR count). The first kappa shape index (κ1) is 18.1. The summed E-state index contributed by atoms with van der Waals surface area (Å²) in [6, 6.07) is 0. The molecule has 112 valence electrons. The zero-order valence-corrected chi connectivity index (χ0v) is 12.6. The van der Waals surface area contributed by atoms with Gasteiger partial charge in [0.25, 0.3) is 0 Å². The van der Waals surface area contributed by atoms with Crippen molar-refractivity contribution in [3.63, 3.8) is 0 Å². The van der Waals surface area contributed by atoms with Gasteiger partial charge in [0.1, 0.15) is 12.6 Å². The summed E-state index contributed by atoms with van der Waals surface area (Å²) in [5, 5.41) is 20.3. The van der Waals surface area contributed by atoms with E-state index in [1.165, 1.54) is 0 Å². The first-order chi connectivity index (χ1) is 8.87. The molecule has 1 atom stereocenters. The van der Waals surface area contributed by atoms with E-state index in [1.807, 2.05) is 6.08 Å². The molecule has 0 radical (unpaired) electrons. The van der Waals surface area contributed by atoms with Crippen LogP contribution in [-0.4, -0.2) is 48.8 Å². The highest BCUT2D eigenvalue weighted by molar-refractivity contribution is 5.64. The van der Waals surface area contributed by atoms with E-state index >= 15 is 0 Å². The molecule has 0 aliphatic heterocycles. The number of quaternary nitrogens is 1. The van der Waals surface area contributed by atoms with E-state index in [0.717, 1.165) is 30.3 Å². The molecule has 4 nitrogen and oxygen atoms in total. The van der Waals surface area contributed by atoms with Crippen LogP contribution in [0.4, 0.5) is 0 Å². The molecule has 0 aliphatic carbocycles. The highest BCUT2D eigenvalue weighted by Crippen LogP contribution is 2.07. The van der Waals surface area contributed by atoms with Gasteiger partial charge in [-0.3, -0.25) is 0 Å². The average molecular weight is 271 g/mol. The summed E-state index contributed by atoms with van der Waals surface area (Å²) in [7, 11) is 4.13. The zero-order chi connectivity index (χ0) is 14.7. The largest absolute Gasteiger partial charge is 0.550 e. The molecule has 19 heavy (non-hydrogen) atoms. The Morgan fingerprint density at radius 1 is 1.32 bits per heavy atom. The van der Waals surface area contributed by atoms with Gasteiger partial charge in [0, 0.05) is 5.97 Å². The van der Waals surface area contributed by atoms with Crippen LogP contribution in [0.25, 0.3) is 0 Å².